The van der Waals surface area contributed by atoms with Crippen LogP contribution < -0.4 is 5.32 Å². The average Bonchev–Trinajstić information content (AvgIpc) is 2.24. The molecule has 0 aromatic carbocycles. The van der Waals surface area contributed by atoms with E-state index in [2.05, 4.69) is 5.32 Å². The van der Waals surface area contributed by atoms with Crippen LogP contribution in [-0.4, -0.2) is 17.9 Å². The van der Waals surface area contributed by atoms with Gasteiger partial charge in [-0.2, -0.15) is 0 Å². The predicted molar refractivity (Wildman–Crippen MR) is 64.0 cm³/mol. The number of halogens is 2. The van der Waals surface area contributed by atoms with Gasteiger partial charge in [-0.3, -0.25) is 4.79 Å². The van der Waals surface area contributed by atoms with Gasteiger partial charge in [0.15, 0.2) is 0 Å². The summed E-state index contributed by atoms with van der Waals surface area (Å²) in [7, 11) is 0. The zero-order valence-corrected chi connectivity index (χ0v) is 10.8. The van der Waals surface area contributed by atoms with Crippen LogP contribution in [0.15, 0.2) is 0 Å². The summed E-state index contributed by atoms with van der Waals surface area (Å²) in [6.45, 7) is 4.00. The fourth-order valence-corrected chi connectivity index (χ4v) is 2.48. The molecule has 0 saturated heterocycles. The lowest BCUT2D eigenvalue weighted by molar-refractivity contribution is -0.127. The fraction of sp³-hybridized carbons (Fsp3) is 0.923. The highest BCUT2D eigenvalue weighted by molar-refractivity contribution is 5.78. The van der Waals surface area contributed by atoms with E-state index >= 15 is 0 Å². The van der Waals surface area contributed by atoms with Gasteiger partial charge in [-0.15, -0.1) is 0 Å². The van der Waals surface area contributed by atoms with Gasteiger partial charge in [0.25, 0.3) is 0 Å². The SMILES string of the molecule is CCCC(CC)C(=O)NC1CCCC(F)(F)C1. The van der Waals surface area contributed by atoms with Crippen LogP contribution >= 0.6 is 0 Å². The van der Waals surface area contributed by atoms with E-state index in [1.165, 1.54) is 0 Å². The van der Waals surface area contributed by atoms with Gasteiger partial charge in [0.1, 0.15) is 0 Å². The third kappa shape index (κ3) is 4.60. The van der Waals surface area contributed by atoms with Crippen LogP contribution in [0.25, 0.3) is 0 Å². The monoisotopic (exact) mass is 247 g/mol. The van der Waals surface area contributed by atoms with E-state index in [1.54, 1.807) is 0 Å². The zero-order chi connectivity index (χ0) is 12.9. The highest BCUT2D eigenvalue weighted by atomic mass is 19.3. The molecule has 1 fully saturated rings. The molecule has 4 heteroatoms. The Labute approximate surface area is 102 Å². The largest absolute Gasteiger partial charge is 0.353 e. The van der Waals surface area contributed by atoms with E-state index < -0.39 is 5.92 Å². The number of carbonyl (C=O) groups is 1. The third-order valence-corrected chi connectivity index (χ3v) is 3.49. The second kappa shape index (κ2) is 6.31. The lowest BCUT2D eigenvalue weighted by Gasteiger charge is -2.30. The molecule has 1 amide bonds. The molecule has 0 spiro atoms. The van der Waals surface area contributed by atoms with E-state index in [0.29, 0.717) is 12.8 Å². The maximum absolute atomic E-state index is 13.2. The Morgan fingerprint density at radius 3 is 2.71 bits per heavy atom. The highest BCUT2D eigenvalue weighted by Crippen LogP contribution is 2.33. The van der Waals surface area contributed by atoms with E-state index in [0.717, 1.165) is 19.3 Å². The minimum Gasteiger partial charge on any atom is -0.353 e. The topological polar surface area (TPSA) is 29.1 Å². The molecule has 0 radical (unpaired) electrons. The Bertz CT molecular complexity index is 256. The molecule has 2 unspecified atom stereocenters. The molecule has 0 aromatic heterocycles. The van der Waals surface area contributed by atoms with Crippen LogP contribution in [0.4, 0.5) is 8.78 Å². The van der Waals surface area contributed by atoms with Gasteiger partial charge in [-0.1, -0.05) is 20.3 Å². The molecule has 1 saturated carbocycles. The quantitative estimate of drug-likeness (QED) is 0.791. The van der Waals surface area contributed by atoms with Gasteiger partial charge in [0.2, 0.25) is 11.8 Å². The molecule has 100 valence electrons. The number of amides is 1. The van der Waals surface area contributed by atoms with Crippen molar-refractivity contribution in [1.82, 2.24) is 5.32 Å². The van der Waals surface area contributed by atoms with Crippen molar-refractivity contribution in [1.29, 1.82) is 0 Å². The summed E-state index contributed by atoms with van der Waals surface area (Å²) in [5, 5.41) is 2.79. The van der Waals surface area contributed by atoms with Crippen molar-refractivity contribution in [2.45, 2.75) is 70.8 Å². The molecule has 2 atom stereocenters. The van der Waals surface area contributed by atoms with Crippen molar-refractivity contribution in [3.05, 3.63) is 0 Å². The molecule has 2 nitrogen and oxygen atoms in total. The van der Waals surface area contributed by atoms with Gasteiger partial charge < -0.3 is 5.32 Å². The number of rotatable bonds is 5. The minimum absolute atomic E-state index is 0.0180. The van der Waals surface area contributed by atoms with Crippen LogP contribution in [0.5, 0.6) is 0 Å². The van der Waals surface area contributed by atoms with Crippen LogP contribution in [0.3, 0.4) is 0 Å². The average molecular weight is 247 g/mol. The Morgan fingerprint density at radius 2 is 2.18 bits per heavy atom. The molecule has 0 aliphatic heterocycles. The minimum atomic E-state index is -2.59. The number of hydrogen-bond donors (Lipinski definition) is 1. The molecule has 0 aromatic rings. The van der Waals surface area contributed by atoms with Crippen LogP contribution in [0.2, 0.25) is 0 Å². The van der Waals surface area contributed by atoms with Crippen molar-refractivity contribution in [3.8, 4) is 0 Å². The maximum atomic E-state index is 13.2. The zero-order valence-electron chi connectivity index (χ0n) is 10.8. The van der Waals surface area contributed by atoms with Crippen molar-refractivity contribution in [3.63, 3.8) is 0 Å². The lowest BCUT2D eigenvalue weighted by atomic mass is 9.91. The Kier molecular flexibility index (Phi) is 5.34. The normalized spacial score (nSPS) is 25.3. The van der Waals surface area contributed by atoms with Crippen molar-refractivity contribution in [2.75, 3.05) is 0 Å². The molecule has 1 aliphatic rings. The molecular formula is C13H23F2NO. The number of hydrogen-bond acceptors (Lipinski definition) is 1. The summed E-state index contributed by atoms with van der Waals surface area (Å²) < 4.78 is 26.4. The van der Waals surface area contributed by atoms with Crippen LogP contribution in [0.1, 0.15) is 58.8 Å². The molecule has 1 rings (SSSR count). The second-order valence-electron chi connectivity index (χ2n) is 5.05. The summed E-state index contributed by atoms with van der Waals surface area (Å²) in [6.07, 6.45) is 3.53. The molecule has 0 heterocycles. The summed E-state index contributed by atoms with van der Waals surface area (Å²) in [5.74, 6) is -2.66. The summed E-state index contributed by atoms with van der Waals surface area (Å²) in [6, 6.07) is -0.336. The predicted octanol–water partition coefficient (Wildman–Crippen LogP) is 3.51. The number of nitrogens with one attached hydrogen (secondary N) is 1. The first kappa shape index (κ1) is 14.4. The van der Waals surface area contributed by atoms with Gasteiger partial charge in [-0.25, -0.2) is 8.78 Å². The van der Waals surface area contributed by atoms with Gasteiger partial charge in [0.05, 0.1) is 0 Å². The van der Waals surface area contributed by atoms with Crippen LogP contribution in [0, 0.1) is 5.92 Å². The van der Waals surface area contributed by atoms with Crippen molar-refractivity contribution in [2.24, 2.45) is 5.92 Å². The standard InChI is InChI=1S/C13H23F2NO/c1-3-6-10(4-2)12(17)16-11-7-5-8-13(14,15)9-11/h10-11H,3-9H2,1-2H3,(H,16,17). The molecule has 1 N–H and O–H groups in total. The third-order valence-electron chi connectivity index (χ3n) is 3.49. The van der Waals surface area contributed by atoms with Gasteiger partial charge in [0, 0.05) is 24.8 Å². The molecule has 17 heavy (non-hydrogen) atoms. The number of alkyl halides is 2. The van der Waals surface area contributed by atoms with E-state index in [1.807, 2.05) is 13.8 Å². The Morgan fingerprint density at radius 1 is 1.47 bits per heavy atom. The number of carbonyl (C=O) groups excluding carboxylic acids is 1. The lowest BCUT2D eigenvalue weighted by Crippen LogP contribution is -2.44. The molecular weight excluding hydrogens is 224 g/mol. The molecule has 0 bridgehead atoms. The fourth-order valence-electron chi connectivity index (χ4n) is 2.48. The van der Waals surface area contributed by atoms with Gasteiger partial charge >= 0.3 is 0 Å². The summed E-state index contributed by atoms with van der Waals surface area (Å²) in [5.41, 5.74) is 0. The van der Waals surface area contributed by atoms with Crippen molar-refractivity contribution >= 4 is 5.91 Å². The first-order valence-corrected chi connectivity index (χ1v) is 6.66. The van der Waals surface area contributed by atoms with Crippen LogP contribution in [-0.2, 0) is 4.79 Å². The first-order chi connectivity index (χ1) is 7.98. The maximum Gasteiger partial charge on any atom is 0.250 e. The van der Waals surface area contributed by atoms with E-state index in [4.69, 9.17) is 0 Å². The second-order valence-corrected chi connectivity index (χ2v) is 5.05. The Balaban J connectivity index is 2.44. The smallest absolute Gasteiger partial charge is 0.250 e. The summed E-state index contributed by atoms with van der Waals surface area (Å²) in [4.78, 5) is 11.9. The van der Waals surface area contributed by atoms with Crippen molar-refractivity contribution < 1.29 is 13.6 Å². The van der Waals surface area contributed by atoms with E-state index in [9.17, 15) is 13.6 Å². The summed E-state index contributed by atoms with van der Waals surface area (Å²) >= 11 is 0. The molecule has 1 aliphatic carbocycles. The van der Waals surface area contributed by atoms with E-state index in [-0.39, 0.29) is 30.7 Å². The first-order valence-electron chi connectivity index (χ1n) is 6.66. The Hall–Kier alpha value is -0.670. The van der Waals surface area contributed by atoms with Gasteiger partial charge in [-0.05, 0) is 25.7 Å². The highest BCUT2D eigenvalue weighted by Gasteiger charge is 2.37.